The number of carbonyl (C=O) groups is 1. The predicted molar refractivity (Wildman–Crippen MR) is 89.8 cm³/mol. The van der Waals surface area contributed by atoms with Crippen LogP contribution in [0.4, 0.5) is 0 Å². The van der Waals surface area contributed by atoms with Crippen molar-refractivity contribution in [1.82, 2.24) is 0 Å². The molecule has 108 valence electrons. The Morgan fingerprint density at radius 2 is 1.95 bits per heavy atom. The van der Waals surface area contributed by atoms with E-state index >= 15 is 0 Å². The monoisotopic (exact) mass is 384 g/mol. The first-order valence-electron chi connectivity index (χ1n) is 6.93. The lowest BCUT2D eigenvalue weighted by molar-refractivity contribution is -0.152. The van der Waals surface area contributed by atoms with Gasteiger partial charge in [-0.1, -0.05) is 49.8 Å². The Hall–Kier alpha value is -0.680. The Balaban J connectivity index is 2.24. The van der Waals surface area contributed by atoms with E-state index in [4.69, 9.17) is 4.74 Å². The molecule has 2 nitrogen and oxygen atoms in total. The van der Waals surface area contributed by atoms with Crippen molar-refractivity contribution in [3.63, 3.8) is 0 Å². The maximum Gasteiger partial charge on any atom is 0.152 e. The molecule has 1 atom stereocenters. The van der Waals surface area contributed by atoms with E-state index in [1.54, 1.807) is 0 Å². The van der Waals surface area contributed by atoms with Crippen molar-refractivity contribution in [2.24, 2.45) is 5.41 Å². The van der Waals surface area contributed by atoms with Crippen LogP contribution in [-0.4, -0.2) is 11.9 Å². The van der Waals surface area contributed by atoms with Crippen LogP contribution in [0.3, 0.4) is 0 Å². The van der Waals surface area contributed by atoms with E-state index in [0.29, 0.717) is 6.61 Å². The number of benzene rings is 1. The highest BCUT2D eigenvalue weighted by atomic mass is 127. The lowest BCUT2D eigenvalue weighted by atomic mass is 9.68. The van der Waals surface area contributed by atoms with Gasteiger partial charge in [0.15, 0.2) is 6.29 Å². The molecule has 0 N–H and O–H groups in total. The van der Waals surface area contributed by atoms with Crippen molar-refractivity contribution in [1.29, 1.82) is 0 Å². The largest absolute Gasteiger partial charge is 0.362 e. The molecular formula is C17H21IO2. The molecule has 0 aliphatic heterocycles. The van der Waals surface area contributed by atoms with Gasteiger partial charge >= 0.3 is 0 Å². The number of carbonyl (C=O) groups excluding carboxylic acids is 1. The molecule has 0 radical (unpaired) electrons. The van der Waals surface area contributed by atoms with Gasteiger partial charge in [-0.25, -0.2) is 0 Å². The van der Waals surface area contributed by atoms with E-state index in [-0.39, 0.29) is 5.41 Å². The van der Waals surface area contributed by atoms with Gasteiger partial charge in [0.25, 0.3) is 0 Å². The molecule has 0 saturated carbocycles. The SMILES string of the molecule is CC1=C(I)C(C)(C)[C@](C=O)(OCc2ccccc2)CC1. The number of aldehydes is 1. The molecule has 0 unspecified atom stereocenters. The summed E-state index contributed by atoms with van der Waals surface area (Å²) in [6, 6.07) is 10.0. The summed E-state index contributed by atoms with van der Waals surface area (Å²) >= 11 is 2.37. The van der Waals surface area contributed by atoms with Gasteiger partial charge in [0.1, 0.15) is 5.60 Å². The highest BCUT2D eigenvalue weighted by Crippen LogP contribution is 2.51. The minimum absolute atomic E-state index is 0.271. The molecule has 0 heterocycles. The average molecular weight is 384 g/mol. The summed E-state index contributed by atoms with van der Waals surface area (Å²) in [5.41, 5.74) is 1.48. The molecule has 0 amide bonds. The first-order chi connectivity index (χ1) is 9.43. The number of hydrogen-bond donors (Lipinski definition) is 0. The zero-order chi connectivity index (χ0) is 14.8. The molecule has 3 heteroatoms. The third kappa shape index (κ3) is 2.70. The number of ether oxygens (including phenoxy) is 1. The lowest BCUT2D eigenvalue weighted by Crippen LogP contribution is -2.51. The summed E-state index contributed by atoms with van der Waals surface area (Å²) in [4.78, 5) is 11.8. The topological polar surface area (TPSA) is 26.3 Å². The fraction of sp³-hybridized carbons (Fsp3) is 0.471. The second-order valence-corrected chi connectivity index (χ2v) is 7.08. The molecule has 1 aromatic carbocycles. The summed E-state index contributed by atoms with van der Waals surface area (Å²) in [6.07, 6.45) is 2.70. The average Bonchev–Trinajstić information content (AvgIpc) is 2.46. The highest BCUT2D eigenvalue weighted by Gasteiger charge is 2.50. The number of hydrogen-bond acceptors (Lipinski definition) is 2. The fourth-order valence-corrected chi connectivity index (χ4v) is 3.52. The number of allylic oxidation sites excluding steroid dienone is 1. The Bertz CT molecular complexity index is 519. The molecule has 0 saturated heterocycles. The Morgan fingerprint density at radius 1 is 1.30 bits per heavy atom. The summed E-state index contributed by atoms with van der Waals surface area (Å²) in [5, 5.41) is 0. The maximum atomic E-state index is 11.8. The van der Waals surface area contributed by atoms with Crippen LogP contribution in [0, 0.1) is 5.41 Å². The zero-order valence-corrected chi connectivity index (χ0v) is 14.4. The number of halogens is 1. The minimum atomic E-state index is -0.723. The van der Waals surface area contributed by atoms with Crippen LogP contribution in [0.1, 0.15) is 39.2 Å². The van der Waals surface area contributed by atoms with E-state index in [1.165, 1.54) is 9.15 Å². The Kier molecular flexibility index (Phi) is 4.69. The first kappa shape index (κ1) is 15.7. The van der Waals surface area contributed by atoms with Gasteiger partial charge in [-0.3, -0.25) is 0 Å². The maximum absolute atomic E-state index is 11.8. The van der Waals surface area contributed by atoms with E-state index < -0.39 is 5.60 Å². The number of rotatable bonds is 4. The van der Waals surface area contributed by atoms with Crippen molar-refractivity contribution in [3.8, 4) is 0 Å². The Labute approximate surface area is 134 Å². The predicted octanol–water partition coefficient (Wildman–Crippen LogP) is 4.67. The lowest BCUT2D eigenvalue weighted by Gasteiger charge is -2.46. The van der Waals surface area contributed by atoms with Crippen LogP contribution in [-0.2, 0) is 16.1 Å². The summed E-state index contributed by atoms with van der Waals surface area (Å²) in [5.74, 6) is 0. The van der Waals surface area contributed by atoms with Gasteiger partial charge in [0.05, 0.1) is 6.61 Å². The van der Waals surface area contributed by atoms with E-state index in [0.717, 1.165) is 24.7 Å². The summed E-state index contributed by atoms with van der Waals surface area (Å²) < 4.78 is 7.38. The van der Waals surface area contributed by atoms with Crippen LogP contribution in [0.25, 0.3) is 0 Å². The minimum Gasteiger partial charge on any atom is -0.362 e. The molecule has 20 heavy (non-hydrogen) atoms. The van der Waals surface area contributed by atoms with Crippen LogP contribution in [0.5, 0.6) is 0 Å². The second kappa shape index (κ2) is 5.98. The van der Waals surface area contributed by atoms with Gasteiger partial charge in [-0.2, -0.15) is 0 Å². The molecule has 0 fully saturated rings. The van der Waals surface area contributed by atoms with Crippen molar-refractivity contribution >= 4 is 28.9 Å². The van der Waals surface area contributed by atoms with Crippen molar-refractivity contribution in [3.05, 3.63) is 45.0 Å². The van der Waals surface area contributed by atoms with Crippen LogP contribution in [0.2, 0.25) is 0 Å². The quantitative estimate of drug-likeness (QED) is 0.557. The van der Waals surface area contributed by atoms with Crippen molar-refractivity contribution in [2.75, 3.05) is 0 Å². The van der Waals surface area contributed by atoms with Crippen molar-refractivity contribution < 1.29 is 9.53 Å². The molecule has 2 rings (SSSR count). The smallest absolute Gasteiger partial charge is 0.152 e. The third-order valence-corrected chi connectivity index (χ3v) is 6.65. The molecule has 0 aromatic heterocycles. The molecule has 1 aromatic rings. The van der Waals surface area contributed by atoms with Crippen LogP contribution in [0.15, 0.2) is 39.5 Å². The molecular weight excluding hydrogens is 363 g/mol. The summed E-state index contributed by atoms with van der Waals surface area (Å²) in [7, 11) is 0. The van der Waals surface area contributed by atoms with Gasteiger partial charge < -0.3 is 9.53 Å². The molecule has 1 aliphatic carbocycles. The van der Waals surface area contributed by atoms with E-state index in [9.17, 15) is 4.79 Å². The highest BCUT2D eigenvalue weighted by molar-refractivity contribution is 14.1. The zero-order valence-electron chi connectivity index (χ0n) is 12.3. The van der Waals surface area contributed by atoms with Gasteiger partial charge in [-0.15, -0.1) is 0 Å². The van der Waals surface area contributed by atoms with Gasteiger partial charge in [0.2, 0.25) is 0 Å². The first-order valence-corrected chi connectivity index (χ1v) is 8.01. The van der Waals surface area contributed by atoms with Crippen LogP contribution < -0.4 is 0 Å². The van der Waals surface area contributed by atoms with E-state index in [1.807, 2.05) is 30.3 Å². The fourth-order valence-electron chi connectivity index (χ4n) is 2.79. The molecule has 1 aliphatic rings. The summed E-state index contributed by atoms with van der Waals surface area (Å²) in [6.45, 7) is 6.84. The normalized spacial score (nSPS) is 25.6. The van der Waals surface area contributed by atoms with Gasteiger partial charge in [0, 0.05) is 5.41 Å². The molecule has 0 bridgehead atoms. The Morgan fingerprint density at radius 3 is 2.55 bits per heavy atom. The third-order valence-electron chi connectivity index (χ3n) is 4.38. The van der Waals surface area contributed by atoms with Gasteiger partial charge in [-0.05, 0) is 51.5 Å². The van der Waals surface area contributed by atoms with Crippen molar-refractivity contribution in [2.45, 2.75) is 45.8 Å². The second-order valence-electron chi connectivity index (χ2n) is 6.00. The standard InChI is InChI=1S/C17H21IO2/c1-13-9-10-17(12-19,16(2,3)15(13)18)20-11-14-7-5-4-6-8-14/h4-8,12H,9-11H2,1-3H3/t17-/m0/s1. The van der Waals surface area contributed by atoms with E-state index in [2.05, 4.69) is 43.4 Å². The van der Waals surface area contributed by atoms with Crippen LogP contribution >= 0.6 is 22.6 Å². The molecule has 0 spiro atoms.